The van der Waals surface area contributed by atoms with Crippen LogP contribution in [0.25, 0.3) is 11.3 Å². The lowest BCUT2D eigenvalue weighted by molar-refractivity contribution is 0.112. The summed E-state index contributed by atoms with van der Waals surface area (Å²) in [4.78, 5) is 10.7. The minimum absolute atomic E-state index is 0.553. The van der Waals surface area contributed by atoms with Gasteiger partial charge < -0.3 is 0 Å². The van der Waals surface area contributed by atoms with E-state index in [-0.39, 0.29) is 0 Å². The van der Waals surface area contributed by atoms with Crippen LogP contribution in [0.5, 0.6) is 0 Å². The van der Waals surface area contributed by atoms with Crippen molar-refractivity contribution in [2.75, 3.05) is 0 Å². The van der Waals surface area contributed by atoms with Crippen LogP contribution in [0.15, 0.2) is 24.4 Å². The number of carbonyl (C=O) groups excluding carboxylic acids is 1. The quantitative estimate of drug-likeness (QED) is 0.791. The van der Waals surface area contributed by atoms with E-state index in [1.165, 1.54) is 6.20 Å². The first-order valence-corrected chi connectivity index (χ1v) is 4.85. The molecule has 0 saturated carbocycles. The molecule has 0 unspecified atom stereocenters. The molecule has 1 aromatic heterocycles. The molecule has 1 heterocycles. The van der Waals surface area contributed by atoms with E-state index in [1.54, 1.807) is 0 Å². The Bertz CT molecular complexity index is 505. The molecule has 0 radical (unpaired) electrons. The van der Waals surface area contributed by atoms with E-state index in [9.17, 15) is 4.79 Å². The van der Waals surface area contributed by atoms with Gasteiger partial charge in [-0.25, -0.2) is 0 Å². The van der Waals surface area contributed by atoms with Gasteiger partial charge in [0.25, 0.3) is 0 Å². The largest absolute Gasteiger partial charge is 0.298 e. The van der Waals surface area contributed by atoms with Gasteiger partial charge in [-0.05, 0) is 24.6 Å². The Labute approximate surface area is 92.1 Å². The van der Waals surface area contributed by atoms with E-state index < -0.39 is 0 Å². The van der Waals surface area contributed by atoms with Crippen LogP contribution in [0.4, 0.5) is 0 Å². The molecule has 1 N–H and O–H groups in total. The number of hydrogen-bond acceptors (Lipinski definition) is 2. The number of H-pyrrole nitrogens is 1. The summed E-state index contributed by atoms with van der Waals surface area (Å²) in [5, 5.41) is 7.34. The Kier molecular flexibility index (Phi) is 2.56. The third-order valence-corrected chi connectivity index (χ3v) is 2.67. The Balaban J connectivity index is 2.54. The third-order valence-electron chi connectivity index (χ3n) is 2.24. The van der Waals surface area contributed by atoms with Crippen molar-refractivity contribution in [3.63, 3.8) is 0 Å². The second kappa shape index (κ2) is 3.87. The minimum Gasteiger partial charge on any atom is -0.298 e. The second-order valence-electron chi connectivity index (χ2n) is 3.28. The SMILES string of the molecule is Cc1cc(-c2[nH]ncc2C=O)ccc1Cl. The van der Waals surface area contributed by atoms with Crippen LogP contribution in [0.2, 0.25) is 5.02 Å². The molecule has 4 heteroatoms. The molecule has 1 aromatic carbocycles. The molecule has 0 spiro atoms. The molecule has 15 heavy (non-hydrogen) atoms. The van der Waals surface area contributed by atoms with Gasteiger partial charge >= 0.3 is 0 Å². The van der Waals surface area contributed by atoms with Crippen molar-refractivity contribution in [3.8, 4) is 11.3 Å². The highest BCUT2D eigenvalue weighted by atomic mass is 35.5. The minimum atomic E-state index is 0.553. The molecule has 0 atom stereocenters. The molecular formula is C11H9ClN2O. The highest BCUT2D eigenvalue weighted by molar-refractivity contribution is 6.31. The predicted octanol–water partition coefficient (Wildman–Crippen LogP) is 2.85. The van der Waals surface area contributed by atoms with Gasteiger partial charge in [-0.3, -0.25) is 9.89 Å². The van der Waals surface area contributed by atoms with Crippen molar-refractivity contribution in [2.45, 2.75) is 6.92 Å². The lowest BCUT2D eigenvalue weighted by Gasteiger charge is -2.02. The molecule has 0 aliphatic rings. The second-order valence-corrected chi connectivity index (χ2v) is 3.69. The van der Waals surface area contributed by atoms with E-state index in [2.05, 4.69) is 10.2 Å². The van der Waals surface area contributed by atoms with Crippen LogP contribution < -0.4 is 0 Å². The topological polar surface area (TPSA) is 45.8 Å². The molecule has 0 saturated heterocycles. The average Bonchev–Trinajstić information content (AvgIpc) is 2.70. The highest BCUT2D eigenvalue weighted by Crippen LogP contribution is 2.24. The van der Waals surface area contributed by atoms with Gasteiger partial charge in [0.05, 0.1) is 17.5 Å². The maximum atomic E-state index is 10.7. The summed E-state index contributed by atoms with van der Waals surface area (Å²) in [5.41, 5.74) is 3.17. The van der Waals surface area contributed by atoms with Crippen LogP contribution in [0, 0.1) is 6.92 Å². The predicted molar refractivity (Wildman–Crippen MR) is 59.2 cm³/mol. The Hall–Kier alpha value is -1.61. The Morgan fingerprint density at radius 1 is 1.47 bits per heavy atom. The molecule has 0 aliphatic carbocycles. The van der Waals surface area contributed by atoms with Gasteiger partial charge in [-0.15, -0.1) is 0 Å². The molecule has 76 valence electrons. The van der Waals surface area contributed by atoms with Crippen molar-refractivity contribution < 1.29 is 4.79 Å². The number of benzene rings is 1. The number of aldehydes is 1. The summed E-state index contributed by atoms with van der Waals surface area (Å²) < 4.78 is 0. The lowest BCUT2D eigenvalue weighted by Crippen LogP contribution is -1.85. The summed E-state index contributed by atoms with van der Waals surface area (Å²) in [6.07, 6.45) is 2.29. The summed E-state index contributed by atoms with van der Waals surface area (Å²) in [7, 11) is 0. The van der Waals surface area contributed by atoms with Crippen LogP contribution in [-0.2, 0) is 0 Å². The highest BCUT2D eigenvalue weighted by Gasteiger charge is 2.07. The van der Waals surface area contributed by atoms with Gasteiger partial charge in [0.2, 0.25) is 0 Å². The van der Waals surface area contributed by atoms with Crippen molar-refractivity contribution in [2.24, 2.45) is 0 Å². The summed E-state index contributed by atoms with van der Waals surface area (Å²) in [6, 6.07) is 5.58. The van der Waals surface area contributed by atoms with E-state index in [0.717, 1.165) is 23.1 Å². The van der Waals surface area contributed by atoms with Crippen LogP contribution in [0.3, 0.4) is 0 Å². The van der Waals surface area contributed by atoms with E-state index in [1.807, 2.05) is 25.1 Å². The maximum Gasteiger partial charge on any atom is 0.153 e. The fraction of sp³-hybridized carbons (Fsp3) is 0.0909. The number of aromatic nitrogens is 2. The normalized spacial score (nSPS) is 10.3. The summed E-state index contributed by atoms with van der Waals surface area (Å²) >= 11 is 5.92. The monoisotopic (exact) mass is 220 g/mol. The fourth-order valence-corrected chi connectivity index (χ4v) is 1.53. The Morgan fingerprint density at radius 2 is 2.27 bits per heavy atom. The summed E-state index contributed by atoms with van der Waals surface area (Å²) in [5.74, 6) is 0. The molecule has 0 fully saturated rings. The van der Waals surface area contributed by atoms with E-state index in [4.69, 9.17) is 11.6 Å². The van der Waals surface area contributed by atoms with Crippen LogP contribution in [-0.4, -0.2) is 16.5 Å². The Morgan fingerprint density at radius 3 is 2.93 bits per heavy atom. The number of aryl methyl sites for hydroxylation is 1. The number of carbonyl (C=O) groups is 1. The van der Waals surface area contributed by atoms with Crippen molar-refractivity contribution in [1.82, 2.24) is 10.2 Å². The van der Waals surface area contributed by atoms with Gasteiger partial charge in [-0.2, -0.15) is 5.10 Å². The maximum absolute atomic E-state index is 10.7. The zero-order chi connectivity index (χ0) is 10.8. The molecule has 0 amide bonds. The number of nitrogens with one attached hydrogen (secondary N) is 1. The fourth-order valence-electron chi connectivity index (χ4n) is 1.42. The first kappa shape index (κ1) is 9.93. The van der Waals surface area contributed by atoms with Gasteiger partial charge in [0, 0.05) is 10.6 Å². The van der Waals surface area contributed by atoms with Crippen molar-refractivity contribution in [1.29, 1.82) is 0 Å². The summed E-state index contributed by atoms with van der Waals surface area (Å²) in [6.45, 7) is 1.92. The average molecular weight is 221 g/mol. The van der Waals surface area contributed by atoms with E-state index in [0.29, 0.717) is 10.6 Å². The zero-order valence-electron chi connectivity index (χ0n) is 8.12. The number of hydrogen-bond donors (Lipinski definition) is 1. The number of aromatic amines is 1. The van der Waals surface area contributed by atoms with Crippen molar-refractivity contribution in [3.05, 3.63) is 40.5 Å². The zero-order valence-corrected chi connectivity index (χ0v) is 8.88. The molecular weight excluding hydrogens is 212 g/mol. The number of halogens is 1. The first-order chi connectivity index (χ1) is 7.22. The van der Waals surface area contributed by atoms with Crippen LogP contribution >= 0.6 is 11.6 Å². The van der Waals surface area contributed by atoms with Gasteiger partial charge in [0.15, 0.2) is 6.29 Å². The van der Waals surface area contributed by atoms with Crippen LogP contribution in [0.1, 0.15) is 15.9 Å². The lowest BCUT2D eigenvalue weighted by atomic mass is 10.1. The first-order valence-electron chi connectivity index (χ1n) is 4.47. The molecule has 0 aliphatic heterocycles. The standard InChI is InChI=1S/C11H9ClN2O/c1-7-4-8(2-3-10(7)12)11-9(6-15)5-13-14-11/h2-6H,1H3,(H,13,14). The molecule has 0 bridgehead atoms. The van der Waals surface area contributed by atoms with E-state index >= 15 is 0 Å². The molecule has 2 rings (SSSR count). The number of nitrogens with zero attached hydrogens (tertiary/aromatic N) is 1. The van der Waals surface area contributed by atoms with Gasteiger partial charge in [0.1, 0.15) is 0 Å². The van der Waals surface area contributed by atoms with Crippen molar-refractivity contribution >= 4 is 17.9 Å². The smallest absolute Gasteiger partial charge is 0.153 e. The van der Waals surface area contributed by atoms with Gasteiger partial charge in [-0.1, -0.05) is 17.7 Å². The number of rotatable bonds is 2. The molecule has 3 nitrogen and oxygen atoms in total. The molecule has 2 aromatic rings. The third kappa shape index (κ3) is 1.78.